The highest BCUT2D eigenvalue weighted by Crippen LogP contribution is 2.45. The van der Waals surface area contributed by atoms with Gasteiger partial charge in [0.05, 0.1) is 0 Å². The SMILES string of the molecule is C/C=C/CC1(CCCC)CCCC1. The van der Waals surface area contributed by atoms with Crippen molar-refractivity contribution in [3.8, 4) is 0 Å². The summed E-state index contributed by atoms with van der Waals surface area (Å²) in [6, 6.07) is 0. The van der Waals surface area contributed by atoms with Crippen LogP contribution in [0.15, 0.2) is 12.2 Å². The fourth-order valence-corrected chi connectivity index (χ4v) is 2.60. The molecule has 0 unspecified atom stereocenters. The number of unbranched alkanes of at least 4 members (excludes halogenated alkanes) is 1. The van der Waals surface area contributed by atoms with E-state index in [1.54, 1.807) is 0 Å². The predicted molar refractivity (Wildman–Crippen MR) is 59.9 cm³/mol. The molecule has 0 aromatic rings. The molecule has 0 heteroatoms. The zero-order chi connectivity index (χ0) is 9.57. The van der Waals surface area contributed by atoms with Gasteiger partial charge in [-0.25, -0.2) is 0 Å². The first kappa shape index (κ1) is 10.8. The van der Waals surface area contributed by atoms with Gasteiger partial charge < -0.3 is 0 Å². The van der Waals surface area contributed by atoms with Gasteiger partial charge in [0.2, 0.25) is 0 Å². The normalized spacial score (nSPS) is 21.4. The first-order valence-electron chi connectivity index (χ1n) is 5.94. The summed E-state index contributed by atoms with van der Waals surface area (Å²) in [6.45, 7) is 4.45. The van der Waals surface area contributed by atoms with Gasteiger partial charge in [-0.05, 0) is 38.0 Å². The van der Waals surface area contributed by atoms with Crippen molar-refractivity contribution in [3.05, 3.63) is 12.2 Å². The lowest BCUT2D eigenvalue weighted by Gasteiger charge is -2.27. The van der Waals surface area contributed by atoms with Crippen molar-refractivity contribution >= 4 is 0 Å². The Morgan fingerprint density at radius 2 is 1.92 bits per heavy atom. The molecule has 0 aliphatic heterocycles. The largest absolute Gasteiger partial charge is 0.0916 e. The average Bonchev–Trinajstić information content (AvgIpc) is 2.61. The van der Waals surface area contributed by atoms with Gasteiger partial charge in [-0.1, -0.05) is 44.8 Å². The van der Waals surface area contributed by atoms with E-state index in [0.717, 1.165) is 0 Å². The van der Waals surface area contributed by atoms with Crippen LogP contribution in [0.1, 0.15) is 65.2 Å². The lowest BCUT2D eigenvalue weighted by Crippen LogP contribution is -2.14. The van der Waals surface area contributed by atoms with E-state index in [4.69, 9.17) is 0 Å². The molecule has 1 saturated carbocycles. The summed E-state index contributed by atoms with van der Waals surface area (Å²) in [5, 5.41) is 0. The van der Waals surface area contributed by atoms with Crippen LogP contribution < -0.4 is 0 Å². The van der Waals surface area contributed by atoms with E-state index in [0.29, 0.717) is 5.41 Å². The smallest absolute Gasteiger partial charge is 0.0263 e. The minimum absolute atomic E-state index is 0.711. The molecule has 0 saturated heterocycles. The standard InChI is InChI=1S/C13H24/c1-3-5-9-13(10-6-4-2)11-7-8-12-13/h3,5H,4,6-12H2,1-2H3/b5-3+. The minimum Gasteiger partial charge on any atom is -0.0916 e. The van der Waals surface area contributed by atoms with Gasteiger partial charge in [0.1, 0.15) is 0 Å². The monoisotopic (exact) mass is 180 g/mol. The molecule has 1 rings (SSSR count). The van der Waals surface area contributed by atoms with E-state index in [2.05, 4.69) is 26.0 Å². The first-order valence-corrected chi connectivity index (χ1v) is 5.94. The third kappa shape index (κ3) is 3.17. The maximum atomic E-state index is 2.38. The summed E-state index contributed by atoms with van der Waals surface area (Å²) in [7, 11) is 0. The van der Waals surface area contributed by atoms with Gasteiger partial charge >= 0.3 is 0 Å². The molecule has 13 heavy (non-hydrogen) atoms. The molecule has 0 aromatic heterocycles. The third-order valence-corrected chi connectivity index (χ3v) is 3.51. The fourth-order valence-electron chi connectivity index (χ4n) is 2.60. The number of allylic oxidation sites excluding steroid dienone is 2. The molecule has 0 atom stereocenters. The summed E-state index contributed by atoms with van der Waals surface area (Å²) in [5.74, 6) is 0. The summed E-state index contributed by atoms with van der Waals surface area (Å²) < 4.78 is 0. The van der Waals surface area contributed by atoms with Crippen LogP contribution in [-0.4, -0.2) is 0 Å². The van der Waals surface area contributed by atoms with Gasteiger partial charge in [0.15, 0.2) is 0 Å². The Labute approximate surface area is 83.4 Å². The Hall–Kier alpha value is -0.260. The number of hydrogen-bond acceptors (Lipinski definition) is 0. The van der Waals surface area contributed by atoms with Gasteiger partial charge in [0.25, 0.3) is 0 Å². The molecular formula is C13H24. The van der Waals surface area contributed by atoms with Crippen LogP contribution in [0.4, 0.5) is 0 Å². The zero-order valence-electron chi connectivity index (χ0n) is 9.31. The molecule has 0 amide bonds. The number of rotatable bonds is 5. The van der Waals surface area contributed by atoms with Crippen LogP contribution in [0.2, 0.25) is 0 Å². The van der Waals surface area contributed by atoms with Crippen LogP contribution in [0.3, 0.4) is 0 Å². The minimum atomic E-state index is 0.711. The second kappa shape index (κ2) is 5.47. The lowest BCUT2D eigenvalue weighted by molar-refractivity contribution is 0.266. The Balaban J connectivity index is 2.42. The Morgan fingerprint density at radius 1 is 1.23 bits per heavy atom. The molecule has 0 heterocycles. The van der Waals surface area contributed by atoms with Gasteiger partial charge in [0, 0.05) is 0 Å². The second-order valence-electron chi connectivity index (χ2n) is 4.58. The molecule has 1 aliphatic carbocycles. The highest BCUT2D eigenvalue weighted by molar-refractivity contribution is 4.92. The topological polar surface area (TPSA) is 0 Å². The quantitative estimate of drug-likeness (QED) is 0.538. The highest BCUT2D eigenvalue weighted by Gasteiger charge is 2.31. The van der Waals surface area contributed by atoms with Crippen LogP contribution in [0, 0.1) is 5.41 Å². The van der Waals surface area contributed by atoms with E-state index in [9.17, 15) is 0 Å². The van der Waals surface area contributed by atoms with Crippen LogP contribution >= 0.6 is 0 Å². The van der Waals surface area contributed by atoms with E-state index in [-0.39, 0.29) is 0 Å². The molecule has 1 fully saturated rings. The van der Waals surface area contributed by atoms with Crippen molar-refractivity contribution in [1.82, 2.24) is 0 Å². The molecule has 76 valence electrons. The molecular weight excluding hydrogens is 156 g/mol. The Morgan fingerprint density at radius 3 is 2.46 bits per heavy atom. The van der Waals surface area contributed by atoms with Gasteiger partial charge in [-0.15, -0.1) is 0 Å². The second-order valence-corrected chi connectivity index (χ2v) is 4.58. The number of hydrogen-bond donors (Lipinski definition) is 0. The van der Waals surface area contributed by atoms with Crippen molar-refractivity contribution in [2.45, 2.75) is 65.2 Å². The Kier molecular flexibility index (Phi) is 4.55. The first-order chi connectivity index (χ1) is 6.33. The van der Waals surface area contributed by atoms with Crippen molar-refractivity contribution in [2.75, 3.05) is 0 Å². The molecule has 0 nitrogen and oxygen atoms in total. The van der Waals surface area contributed by atoms with E-state index >= 15 is 0 Å². The Bertz CT molecular complexity index is 149. The van der Waals surface area contributed by atoms with E-state index < -0.39 is 0 Å². The van der Waals surface area contributed by atoms with Crippen LogP contribution in [0.5, 0.6) is 0 Å². The summed E-state index contributed by atoms with van der Waals surface area (Å²) in [4.78, 5) is 0. The van der Waals surface area contributed by atoms with E-state index in [1.807, 2.05) is 0 Å². The molecule has 0 radical (unpaired) electrons. The van der Waals surface area contributed by atoms with Crippen molar-refractivity contribution < 1.29 is 0 Å². The summed E-state index contributed by atoms with van der Waals surface area (Å²) >= 11 is 0. The zero-order valence-corrected chi connectivity index (χ0v) is 9.31. The van der Waals surface area contributed by atoms with Crippen LogP contribution in [0.25, 0.3) is 0 Å². The maximum Gasteiger partial charge on any atom is -0.0263 e. The lowest BCUT2D eigenvalue weighted by atomic mass is 9.78. The van der Waals surface area contributed by atoms with Crippen molar-refractivity contribution in [2.24, 2.45) is 5.41 Å². The fraction of sp³-hybridized carbons (Fsp3) is 0.846. The van der Waals surface area contributed by atoms with Crippen molar-refractivity contribution in [3.63, 3.8) is 0 Å². The van der Waals surface area contributed by atoms with E-state index in [1.165, 1.54) is 51.4 Å². The molecule has 1 aliphatic rings. The average molecular weight is 180 g/mol. The van der Waals surface area contributed by atoms with Crippen LogP contribution in [-0.2, 0) is 0 Å². The highest BCUT2D eigenvalue weighted by atomic mass is 14.4. The molecule has 0 bridgehead atoms. The van der Waals surface area contributed by atoms with Crippen molar-refractivity contribution in [1.29, 1.82) is 0 Å². The third-order valence-electron chi connectivity index (χ3n) is 3.51. The maximum absolute atomic E-state index is 2.38. The molecule has 0 N–H and O–H groups in total. The van der Waals surface area contributed by atoms with Gasteiger partial charge in [-0.3, -0.25) is 0 Å². The molecule has 0 aromatic carbocycles. The predicted octanol–water partition coefficient (Wildman–Crippen LogP) is 4.70. The molecule has 0 spiro atoms. The summed E-state index contributed by atoms with van der Waals surface area (Å²) in [5.41, 5.74) is 0.711. The van der Waals surface area contributed by atoms with Gasteiger partial charge in [-0.2, -0.15) is 0 Å². The summed E-state index contributed by atoms with van der Waals surface area (Å²) in [6.07, 6.45) is 16.1.